The molecule has 0 fully saturated rings. The number of ether oxygens (including phenoxy) is 2. The summed E-state index contributed by atoms with van der Waals surface area (Å²) >= 11 is 0. The fourth-order valence-corrected chi connectivity index (χ4v) is 1.57. The predicted octanol–water partition coefficient (Wildman–Crippen LogP) is 2.53. The van der Waals surface area contributed by atoms with Crippen LogP contribution >= 0.6 is 0 Å². The molecule has 0 saturated heterocycles. The SMILES string of the molecule is CCCOc1cc(N(C)CCOCC)ccc1N. The third-order valence-corrected chi connectivity index (χ3v) is 2.67. The van der Waals surface area contributed by atoms with E-state index in [-0.39, 0.29) is 0 Å². The topological polar surface area (TPSA) is 47.7 Å². The molecule has 0 aliphatic heterocycles. The van der Waals surface area contributed by atoms with Crippen molar-refractivity contribution in [2.24, 2.45) is 0 Å². The summed E-state index contributed by atoms with van der Waals surface area (Å²) in [5.74, 6) is 0.762. The summed E-state index contributed by atoms with van der Waals surface area (Å²) in [6.07, 6.45) is 0.976. The van der Waals surface area contributed by atoms with Crippen molar-refractivity contribution in [2.45, 2.75) is 20.3 Å². The quantitative estimate of drug-likeness (QED) is 0.570. The van der Waals surface area contributed by atoms with Gasteiger partial charge in [-0.15, -0.1) is 0 Å². The Bertz CT molecular complexity index is 356. The Morgan fingerprint density at radius 2 is 2.00 bits per heavy atom. The molecule has 0 aliphatic carbocycles. The highest BCUT2D eigenvalue weighted by molar-refractivity contribution is 5.62. The minimum atomic E-state index is 0.686. The van der Waals surface area contributed by atoms with Crippen LogP contribution in [0.1, 0.15) is 20.3 Å². The molecule has 0 bridgehead atoms. The maximum atomic E-state index is 5.88. The summed E-state index contributed by atoms with van der Waals surface area (Å²) in [4.78, 5) is 2.13. The molecule has 1 aromatic carbocycles. The maximum Gasteiger partial charge on any atom is 0.144 e. The molecule has 0 spiro atoms. The Labute approximate surface area is 110 Å². The Hall–Kier alpha value is -1.42. The molecule has 18 heavy (non-hydrogen) atoms. The Morgan fingerprint density at radius 3 is 2.67 bits per heavy atom. The van der Waals surface area contributed by atoms with Gasteiger partial charge in [-0.1, -0.05) is 6.92 Å². The normalized spacial score (nSPS) is 10.4. The fourth-order valence-electron chi connectivity index (χ4n) is 1.57. The highest BCUT2D eigenvalue weighted by Gasteiger charge is 2.05. The van der Waals surface area contributed by atoms with Crippen molar-refractivity contribution in [3.05, 3.63) is 18.2 Å². The molecule has 0 unspecified atom stereocenters. The first kappa shape index (κ1) is 14.6. The van der Waals surface area contributed by atoms with Crippen molar-refractivity contribution in [3.8, 4) is 5.75 Å². The van der Waals surface area contributed by atoms with Gasteiger partial charge in [0.1, 0.15) is 5.75 Å². The summed E-state index contributed by atoms with van der Waals surface area (Å²) in [7, 11) is 2.04. The number of likely N-dealkylation sites (N-methyl/N-ethyl adjacent to an activating group) is 1. The number of anilines is 2. The number of benzene rings is 1. The van der Waals surface area contributed by atoms with Gasteiger partial charge in [0.05, 0.1) is 18.9 Å². The van der Waals surface area contributed by atoms with Gasteiger partial charge in [0.2, 0.25) is 0 Å². The van der Waals surface area contributed by atoms with Gasteiger partial charge in [0.15, 0.2) is 0 Å². The number of nitrogens with two attached hydrogens (primary N) is 1. The zero-order chi connectivity index (χ0) is 13.4. The van der Waals surface area contributed by atoms with Crippen LogP contribution in [0.2, 0.25) is 0 Å². The molecule has 0 heterocycles. The van der Waals surface area contributed by atoms with Gasteiger partial charge in [-0.3, -0.25) is 0 Å². The van der Waals surface area contributed by atoms with Gasteiger partial charge in [-0.25, -0.2) is 0 Å². The van der Waals surface area contributed by atoms with Crippen molar-refractivity contribution in [2.75, 3.05) is 44.0 Å². The summed E-state index contributed by atoms with van der Waals surface area (Å²) < 4.78 is 11.0. The van der Waals surface area contributed by atoms with Crippen LogP contribution in [0.15, 0.2) is 18.2 Å². The van der Waals surface area contributed by atoms with Crippen LogP contribution in [0.5, 0.6) is 5.75 Å². The second-order valence-electron chi connectivity index (χ2n) is 4.19. The van der Waals surface area contributed by atoms with Crippen LogP contribution in [0.25, 0.3) is 0 Å². The Morgan fingerprint density at radius 1 is 1.22 bits per heavy atom. The highest BCUT2D eigenvalue weighted by Crippen LogP contribution is 2.27. The van der Waals surface area contributed by atoms with Crippen LogP contribution in [-0.2, 0) is 4.74 Å². The minimum absolute atomic E-state index is 0.686. The first-order valence-electron chi connectivity index (χ1n) is 6.50. The number of nitrogen functional groups attached to an aromatic ring is 1. The van der Waals surface area contributed by atoms with E-state index in [1.807, 2.05) is 32.2 Å². The third kappa shape index (κ3) is 4.45. The summed E-state index contributed by atoms with van der Waals surface area (Å²) in [5.41, 5.74) is 7.66. The maximum absolute atomic E-state index is 5.88. The molecule has 0 aromatic heterocycles. The number of rotatable bonds is 8. The van der Waals surface area contributed by atoms with Crippen LogP contribution in [-0.4, -0.2) is 33.4 Å². The number of hydrogen-bond donors (Lipinski definition) is 1. The molecular weight excluding hydrogens is 228 g/mol. The van der Waals surface area contributed by atoms with Gasteiger partial charge in [0, 0.05) is 32.0 Å². The van der Waals surface area contributed by atoms with Crippen LogP contribution in [0.4, 0.5) is 11.4 Å². The number of nitrogens with zero attached hydrogens (tertiary/aromatic N) is 1. The van der Waals surface area contributed by atoms with Gasteiger partial charge in [-0.05, 0) is 25.5 Å². The molecule has 0 atom stereocenters. The van der Waals surface area contributed by atoms with E-state index in [2.05, 4.69) is 11.8 Å². The lowest BCUT2D eigenvalue weighted by atomic mass is 10.2. The summed E-state index contributed by atoms with van der Waals surface area (Å²) in [6.45, 7) is 7.10. The van der Waals surface area contributed by atoms with Crippen molar-refractivity contribution >= 4 is 11.4 Å². The molecule has 0 aliphatic rings. The molecule has 0 amide bonds. The van der Waals surface area contributed by atoms with E-state index < -0.39 is 0 Å². The Balaban J connectivity index is 2.64. The van der Waals surface area contributed by atoms with Crippen LogP contribution < -0.4 is 15.4 Å². The third-order valence-electron chi connectivity index (χ3n) is 2.67. The molecule has 4 heteroatoms. The largest absolute Gasteiger partial charge is 0.491 e. The second kappa shape index (κ2) is 7.82. The summed E-state index contributed by atoms with van der Waals surface area (Å²) in [6, 6.07) is 5.87. The molecule has 1 rings (SSSR count). The van der Waals surface area contributed by atoms with E-state index in [4.69, 9.17) is 15.2 Å². The molecule has 4 nitrogen and oxygen atoms in total. The van der Waals surface area contributed by atoms with Gasteiger partial charge in [-0.2, -0.15) is 0 Å². The second-order valence-corrected chi connectivity index (χ2v) is 4.19. The van der Waals surface area contributed by atoms with Gasteiger partial charge in [0.25, 0.3) is 0 Å². The molecule has 1 aromatic rings. The lowest BCUT2D eigenvalue weighted by Gasteiger charge is -2.20. The molecular formula is C14H24N2O2. The predicted molar refractivity (Wildman–Crippen MR) is 76.4 cm³/mol. The van der Waals surface area contributed by atoms with Crippen molar-refractivity contribution in [1.82, 2.24) is 0 Å². The van der Waals surface area contributed by atoms with E-state index in [1.54, 1.807) is 0 Å². The average molecular weight is 252 g/mol. The van der Waals surface area contributed by atoms with Gasteiger partial charge < -0.3 is 20.1 Å². The van der Waals surface area contributed by atoms with E-state index in [0.29, 0.717) is 12.3 Å². The van der Waals surface area contributed by atoms with E-state index >= 15 is 0 Å². The fraction of sp³-hybridized carbons (Fsp3) is 0.571. The average Bonchev–Trinajstić information content (AvgIpc) is 2.38. The molecule has 0 radical (unpaired) electrons. The summed E-state index contributed by atoms with van der Waals surface area (Å²) in [5, 5.41) is 0. The first-order valence-corrected chi connectivity index (χ1v) is 6.50. The smallest absolute Gasteiger partial charge is 0.144 e. The lowest BCUT2D eigenvalue weighted by Crippen LogP contribution is -2.22. The zero-order valence-corrected chi connectivity index (χ0v) is 11.6. The van der Waals surface area contributed by atoms with Crippen molar-refractivity contribution in [3.63, 3.8) is 0 Å². The molecule has 2 N–H and O–H groups in total. The highest BCUT2D eigenvalue weighted by atomic mass is 16.5. The van der Waals surface area contributed by atoms with E-state index in [0.717, 1.165) is 37.6 Å². The Kier molecular flexibility index (Phi) is 6.36. The van der Waals surface area contributed by atoms with E-state index in [1.165, 1.54) is 0 Å². The standard InChI is InChI=1S/C14H24N2O2/c1-4-9-18-14-11-12(6-7-13(14)15)16(3)8-10-17-5-2/h6-7,11H,4-5,8-10,15H2,1-3H3. The monoisotopic (exact) mass is 252 g/mol. The van der Waals surface area contributed by atoms with Crippen LogP contribution in [0, 0.1) is 0 Å². The molecule has 102 valence electrons. The van der Waals surface area contributed by atoms with Gasteiger partial charge >= 0.3 is 0 Å². The number of hydrogen-bond acceptors (Lipinski definition) is 4. The van der Waals surface area contributed by atoms with E-state index in [9.17, 15) is 0 Å². The van der Waals surface area contributed by atoms with Crippen molar-refractivity contribution in [1.29, 1.82) is 0 Å². The first-order chi connectivity index (χ1) is 8.69. The zero-order valence-electron chi connectivity index (χ0n) is 11.6. The molecule has 0 saturated carbocycles. The minimum Gasteiger partial charge on any atom is -0.491 e. The van der Waals surface area contributed by atoms with Crippen molar-refractivity contribution < 1.29 is 9.47 Å². The lowest BCUT2D eigenvalue weighted by molar-refractivity contribution is 0.154. The van der Waals surface area contributed by atoms with Crippen LogP contribution in [0.3, 0.4) is 0 Å².